The van der Waals surface area contributed by atoms with Gasteiger partial charge in [0.1, 0.15) is 11.6 Å². The molecule has 0 bridgehead atoms. The summed E-state index contributed by atoms with van der Waals surface area (Å²) in [5.41, 5.74) is 0.517. The van der Waals surface area contributed by atoms with Crippen LogP contribution < -0.4 is 10.2 Å². The van der Waals surface area contributed by atoms with Gasteiger partial charge in [0.05, 0.1) is 22.8 Å². The molecular formula is C20H17F2N3O2S. The molecular weight excluding hydrogens is 384 g/mol. The van der Waals surface area contributed by atoms with E-state index in [4.69, 9.17) is 0 Å². The molecule has 0 aliphatic rings. The van der Waals surface area contributed by atoms with Crippen molar-refractivity contribution in [2.45, 2.75) is 13.0 Å². The predicted octanol–water partition coefficient (Wildman–Crippen LogP) is 3.77. The minimum Gasteiger partial charge on any atom is -0.351 e. The van der Waals surface area contributed by atoms with Crippen molar-refractivity contribution in [2.24, 2.45) is 0 Å². The van der Waals surface area contributed by atoms with E-state index >= 15 is 0 Å². The molecule has 0 aliphatic heterocycles. The number of hydrogen-bond donors (Lipinski definition) is 1. The van der Waals surface area contributed by atoms with Crippen molar-refractivity contribution in [1.82, 2.24) is 10.3 Å². The number of anilines is 1. The number of benzene rings is 1. The van der Waals surface area contributed by atoms with E-state index in [0.29, 0.717) is 10.6 Å². The first kappa shape index (κ1) is 19.6. The van der Waals surface area contributed by atoms with Crippen molar-refractivity contribution in [1.29, 1.82) is 0 Å². The SMILES string of the molecule is O=C(NCCC(=O)N(Cc1ccccn1)c1ccc(F)cc1F)c1cccs1. The Morgan fingerprint density at radius 2 is 1.96 bits per heavy atom. The molecule has 0 unspecified atom stereocenters. The summed E-state index contributed by atoms with van der Waals surface area (Å²) in [6, 6.07) is 11.7. The molecule has 2 amide bonds. The first-order valence-corrected chi connectivity index (χ1v) is 9.39. The number of rotatable bonds is 7. The van der Waals surface area contributed by atoms with E-state index in [1.54, 1.807) is 41.9 Å². The summed E-state index contributed by atoms with van der Waals surface area (Å²) in [6.45, 7) is 0.123. The highest BCUT2D eigenvalue weighted by molar-refractivity contribution is 7.12. The van der Waals surface area contributed by atoms with Crippen LogP contribution in [0, 0.1) is 11.6 Å². The Morgan fingerprint density at radius 1 is 1.11 bits per heavy atom. The fourth-order valence-electron chi connectivity index (χ4n) is 2.57. The number of pyridine rings is 1. The van der Waals surface area contributed by atoms with E-state index in [2.05, 4.69) is 10.3 Å². The lowest BCUT2D eigenvalue weighted by molar-refractivity contribution is -0.118. The number of nitrogens with zero attached hydrogens (tertiary/aromatic N) is 2. The third-order valence-electron chi connectivity index (χ3n) is 3.92. The summed E-state index contributed by atoms with van der Waals surface area (Å²) in [5, 5.41) is 4.45. The zero-order valence-electron chi connectivity index (χ0n) is 14.8. The van der Waals surface area contributed by atoms with E-state index in [0.717, 1.165) is 12.1 Å². The van der Waals surface area contributed by atoms with Gasteiger partial charge in [-0.05, 0) is 35.7 Å². The fourth-order valence-corrected chi connectivity index (χ4v) is 3.21. The molecule has 0 aliphatic carbocycles. The van der Waals surface area contributed by atoms with Gasteiger partial charge in [-0.15, -0.1) is 11.3 Å². The lowest BCUT2D eigenvalue weighted by Gasteiger charge is -2.23. The van der Waals surface area contributed by atoms with Gasteiger partial charge in [-0.3, -0.25) is 14.6 Å². The van der Waals surface area contributed by atoms with E-state index in [1.807, 2.05) is 0 Å². The number of nitrogens with one attached hydrogen (secondary N) is 1. The van der Waals surface area contributed by atoms with Crippen molar-refractivity contribution >= 4 is 28.8 Å². The number of amides is 2. The van der Waals surface area contributed by atoms with Crippen LogP contribution in [0.4, 0.5) is 14.5 Å². The third kappa shape index (κ3) is 4.98. The molecule has 0 atom stereocenters. The predicted molar refractivity (Wildman–Crippen MR) is 103 cm³/mol. The summed E-state index contributed by atoms with van der Waals surface area (Å²) in [6.07, 6.45) is 1.53. The first-order chi connectivity index (χ1) is 13.5. The van der Waals surface area contributed by atoms with Gasteiger partial charge in [0.15, 0.2) is 0 Å². The molecule has 28 heavy (non-hydrogen) atoms. The number of halogens is 2. The maximum absolute atomic E-state index is 14.3. The van der Waals surface area contributed by atoms with Crippen LogP contribution in [0.25, 0.3) is 0 Å². The van der Waals surface area contributed by atoms with Crippen LogP contribution in [0.3, 0.4) is 0 Å². The van der Waals surface area contributed by atoms with Gasteiger partial charge in [-0.25, -0.2) is 8.78 Å². The molecule has 0 fully saturated rings. The monoisotopic (exact) mass is 401 g/mol. The average Bonchev–Trinajstić information content (AvgIpc) is 3.22. The molecule has 0 saturated carbocycles. The molecule has 1 aromatic carbocycles. The summed E-state index contributed by atoms with van der Waals surface area (Å²) < 4.78 is 27.5. The van der Waals surface area contributed by atoms with Crippen LogP contribution in [0.15, 0.2) is 60.1 Å². The highest BCUT2D eigenvalue weighted by Gasteiger charge is 2.20. The number of carbonyl (C=O) groups is 2. The van der Waals surface area contributed by atoms with Crippen molar-refractivity contribution in [3.8, 4) is 0 Å². The van der Waals surface area contributed by atoms with Crippen LogP contribution in [-0.2, 0) is 11.3 Å². The molecule has 3 aromatic rings. The van der Waals surface area contributed by atoms with E-state index in [1.165, 1.54) is 22.3 Å². The number of hydrogen-bond acceptors (Lipinski definition) is 4. The van der Waals surface area contributed by atoms with Crippen molar-refractivity contribution < 1.29 is 18.4 Å². The highest BCUT2D eigenvalue weighted by Crippen LogP contribution is 2.23. The molecule has 144 valence electrons. The van der Waals surface area contributed by atoms with Crippen molar-refractivity contribution in [2.75, 3.05) is 11.4 Å². The molecule has 3 rings (SSSR count). The molecule has 8 heteroatoms. The summed E-state index contributed by atoms with van der Waals surface area (Å²) in [7, 11) is 0. The Balaban J connectivity index is 1.72. The minimum absolute atomic E-state index is 0.0289. The fraction of sp³-hybridized carbons (Fsp3) is 0.150. The van der Waals surface area contributed by atoms with Gasteiger partial charge in [0, 0.05) is 25.2 Å². The molecule has 0 saturated heterocycles. The van der Waals surface area contributed by atoms with Crippen LogP contribution >= 0.6 is 11.3 Å². The molecule has 0 radical (unpaired) electrons. The smallest absolute Gasteiger partial charge is 0.261 e. The number of carbonyl (C=O) groups excluding carboxylic acids is 2. The topological polar surface area (TPSA) is 62.3 Å². The normalized spacial score (nSPS) is 10.5. The lowest BCUT2D eigenvalue weighted by Crippen LogP contribution is -2.35. The largest absolute Gasteiger partial charge is 0.351 e. The zero-order valence-corrected chi connectivity index (χ0v) is 15.6. The van der Waals surface area contributed by atoms with Gasteiger partial charge in [-0.2, -0.15) is 0 Å². The maximum Gasteiger partial charge on any atom is 0.261 e. The van der Waals surface area contributed by atoms with E-state index in [-0.39, 0.29) is 31.1 Å². The van der Waals surface area contributed by atoms with Gasteiger partial charge < -0.3 is 10.2 Å². The van der Waals surface area contributed by atoms with Gasteiger partial charge in [0.2, 0.25) is 5.91 Å². The van der Waals surface area contributed by atoms with E-state index in [9.17, 15) is 18.4 Å². The van der Waals surface area contributed by atoms with Gasteiger partial charge >= 0.3 is 0 Å². The van der Waals surface area contributed by atoms with Crippen LogP contribution in [0.2, 0.25) is 0 Å². The maximum atomic E-state index is 14.3. The Labute approximate surface area is 164 Å². The standard InChI is InChI=1S/C20H17F2N3O2S/c21-14-6-7-17(16(22)12-14)25(13-15-4-1-2-9-23-15)19(26)8-10-24-20(27)18-5-3-11-28-18/h1-7,9,11-12H,8,10,13H2,(H,24,27). The summed E-state index contributed by atoms with van der Waals surface area (Å²) in [5.74, 6) is -2.25. The van der Waals surface area contributed by atoms with Gasteiger partial charge in [-0.1, -0.05) is 12.1 Å². The highest BCUT2D eigenvalue weighted by atomic mass is 32.1. The number of aromatic nitrogens is 1. The second-order valence-electron chi connectivity index (χ2n) is 5.88. The quantitative estimate of drug-likeness (QED) is 0.656. The Hall–Kier alpha value is -3.13. The average molecular weight is 401 g/mol. The second-order valence-corrected chi connectivity index (χ2v) is 6.83. The Bertz CT molecular complexity index is 949. The van der Waals surface area contributed by atoms with E-state index < -0.39 is 17.5 Å². The molecule has 2 heterocycles. The third-order valence-corrected chi connectivity index (χ3v) is 4.79. The second kappa shape index (κ2) is 9.18. The molecule has 5 nitrogen and oxygen atoms in total. The molecule has 2 aromatic heterocycles. The summed E-state index contributed by atoms with van der Waals surface area (Å²) >= 11 is 1.30. The summed E-state index contributed by atoms with van der Waals surface area (Å²) in [4.78, 5) is 30.6. The van der Waals surface area contributed by atoms with Crippen LogP contribution in [0.1, 0.15) is 21.8 Å². The van der Waals surface area contributed by atoms with Crippen LogP contribution in [-0.4, -0.2) is 23.3 Å². The van der Waals surface area contributed by atoms with Gasteiger partial charge in [0.25, 0.3) is 5.91 Å². The molecule has 0 spiro atoms. The number of thiophene rings is 1. The Kier molecular flexibility index (Phi) is 6.44. The molecule has 1 N–H and O–H groups in total. The minimum atomic E-state index is -0.841. The van der Waals surface area contributed by atoms with Crippen LogP contribution in [0.5, 0.6) is 0 Å². The zero-order chi connectivity index (χ0) is 19.9. The first-order valence-electron chi connectivity index (χ1n) is 8.51. The Morgan fingerprint density at radius 3 is 2.64 bits per heavy atom. The van der Waals surface area contributed by atoms with Crippen molar-refractivity contribution in [3.63, 3.8) is 0 Å². The lowest BCUT2D eigenvalue weighted by atomic mass is 10.2. The van der Waals surface area contributed by atoms with Crippen molar-refractivity contribution in [3.05, 3.63) is 82.3 Å².